The number of fused-ring (bicyclic) bond motifs is 3. The fourth-order valence-corrected chi connectivity index (χ4v) is 4.46. The van der Waals surface area contributed by atoms with E-state index in [0.29, 0.717) is 11.5 Å². The molecule has 6 rings (SSSR count). The summed E-state index contributed by atoms with van der Waals surface area (Å²) in [6.45, 7) is 1.98. The third-order valence-electron chi connectivity index (χ3n) is 6.21. The number of ether oxygens (including phenoxy) is 2. The second-order valence-electron chi connectivity index (χ2n) is 8.64. The van der Waals surface area contributed by atoms with E-state index in [9.17, 15) is 4.79 Å². The standard InChI is InChI=1S/C32H22O3/c1-21-16-17-28-29(18-21)35-31(20-25-13-7-11-23-9-3-5-15-27(23)25)32(33)30(34-28)19-24-12-6-10-22-8-2-4-14-26(22)24/h2-20H,1H3. The highest BCUT2D eigenvalue weighted by molar-refractivity contribution is 6.13. The molecule has 0 atom stereocenters. The normalized spacial score (nSPS) is 15.6. The van der Waals surface area contributed by atoms with Crippen molar-refractivity contribution in [2.75, 3.05) is 0 Å². The smallest absolute Gasteiger partial charge is 0.263 e. The Morgan fingerprint density at radius 2 is 1.09 bits per heavy atom. The Labute approximate surface area is 203 Å². The van der Waals surface area contributed by atoms with Gasteiger partial charge in [-0.2, -0.15) is 0 Å². The number of carbonyl (C=O) groups is 1. The maximum Gasteiger partial charge on any atom is 0.263 e. The molecule has 0 N–H and O–H groups in total. The highest BCUT2D eigenvalue weighted by Crippen LogP contribution is 2.37. The van der Waals surface area contributed by atoms with Crippen molar-refractivity contribution in [1.29, 1.82) is 0 Å². The topological polar surface area (TPSA) is 35.5 Å². The minimum atomic E-state index is -0.306. The molecular weight excluding hydrogens is 432 g/mol. The van der Waals surface area contributed by atoms with Gasteiger partial charge in [-0.25, -0.2) is 0 Å². The molecule has 0 saturated carbocycles. The van der Waals surface area contributed by atoms with Crippen LogP contribution < -0.4 is 9.47 Å². The van der Waals surface area contributed by atoms with Crippen molar-refractivity contribution in [3.8, 4) is 11.5 Å². The lowest BCUT2D eigenvalue weighted by atomic mass is 10.0. The van der Waals surface area contributed by atoms with Gasteiger partial charge in [0.05, 0.1) is 0 Å². The molecule has 1 aliphatic heterocycles. The predicted molar refractivity (Wildman–Crippen MR) is 141 cm³/mol. The van der Waals surface area contributed by atoms with Gasteiger partial charge in [0.2, 0.25) is 0 Å². The summed E-state index contributed by atoms with van der Waals surface area (Å²) < 4.78 is 12.4. The van der Waals surface area contributed by atoms with Crippen LogP contribution in [0.3, 0.4) is 0 Å². The third-order valence-corrected chi connectivity index (χ3v) is 6.21. The molecule has 0 radical (unpaired) electrons. The first kappa shape index (κ1) is 20.9. The largest absolute Gasteiger partial charge is 0.449 e. The van der Waals surface area contributed by atoms with Gasteiger partial charge in [-0.05, 0) is 69.4 Å². The molecule has 0 unspecified atom stereocenters. The number of hydrogen-bond donors (Lipinski definition) is 0. The molecule has 0 saturated heterocycles. The Kier molecular flexibility index (Phi) is 5.16. The fourth-order valence-electron chi connectivity index (χ4n) is 4.46. The molecule has 3 nitrogen and oxygen atoms in total. The SMILES string of the molecule is Cc1ccc2c(c1)OC(=Cc1cccc3ccccc13)C(=O)C(=Cc1cccc3ccccc13)O2. The summed E-state index contributed by atoms with van der Waals surface area (Å²) >= 11 is 0. The van der Waals surface area contributed by atoms with Gasteiger partial charge in [-0.15, -0.1) is 0 Å². The molecule has 35 heavy (non-hydrogen) atoms. The molecule has 168 valence electrons. The Morgan fingerprint density at radius 3 is 1.69 bits per heavy atom. The summed E-state index contributed by atoms with van der Waals surface area (Å²) in [7, 11) is 0. The molecule has 1 aliphatic rings. The van der Waals surface area contributed by atoms with Crippen LogP contribution in [0.4, 0.5) is 0 Å². The van der Waals surface area contributed by atoms with E-state index in [1.165, 1.54) is 0 Å². The molecule has 0 spiro atoms. The van der Waals surface area contributed by atoms with Crippen LogP contribution in [0.2, 0.25) is 0 Å². The molecule has 0 bridgehead atoms. The lowest BCUT2D eigenvalue weighted by molar-refractivity contribution is -0.115. The summed E-state index contributed by atoms with van der Waals surface area (Å²) in [5.74, 6) is 1.16. The van der Waals surface area contributed by atoms with E-state index in [4.69, 9.17) is 9.47 Å². The first-order valence-electron chi connectivity index (χ1n) is 11.6. The van der Waals surface area contributed by atoms with Gasteiger partial charge in [0.1, 0.15) is 0 Å². The van der Waals surface area contributed by atoms with Crippen LogP contribution in [-0.4, -0.2) is 5.78 Å². The molecule has 1 heterocycles. The zero-order valence-electron chi connectivity index (χ0n) is 19.2. The van der Waals surface area contributed by atoms with Gasteiger partial charge in [-0.1, -0.05) is 91.0 Å². The van der Waals surface area contributed by atoms with Crippen molar-refractivity contribution < 1.29 is 14.3 Å². The van der Waals surface area contributed by atoms with Crippen molar-refractivity contribution in [2.24, 2.45) is 0 Å². The molecule has 5 aromatic carbocycles. The Hall–Kier alpha value is -4.63. The lowest BCUT2D eigenvalue weighted by Gasteiger charge is -2.08. The van der Waals surface area contributed by atoms with Crippen LogP contribution >= 0.6 is 0 Å². The highest BCUT2D eigenvalue weighted by Gasteiger charge is 2.27. The zero-order chi connectivity index (χ0) is 23.8. The number of hydrogen-bond acceptors (Lipinski definition) is 3. The number of aryl methyl sites for hydroxylation is 1. The molecular formula is C32H22O3. The summed E-state index contributed by atoms with van der Waals surface area (Å²) in [5, 5.41) is 4.30. The number of Topliss-reactive ketones (excluding diaryl/α,β-unsaturated/α-hetero) is 1. The minimum Gasteiger partial charge on any atom is -0.449 e. The van der Waals surface area contributed by atoms with Crippen LogP contribution in [0, 0.1) is 6.92 Å². The van der Waals surface area contributed by atoms with Crippen LogP contribution in [0.25, 0.3) is 33.7 Å². The van der Waals surface area contributed by atoms with Gasteiger partial charge in [0.25, 0.3) is 5.78 Å². The fraction of sp³-hybridized carbons (Fsp3) is 0.0312. The second kappa shape index (κ2) is 8.62. The summed E-state index contributed by atoms with van der Waals surface area (Å²) in [4.78, 5) is 13.8. The van der Waals surface area contributed by atoms with Crippen molar-refractivity contribution in [3.05, 3.63) is 131 Å². The average Bonchev–Trinajstić information content (AvgIpc) is 3.01. The molecule has 0 aliphatic carbocycles. The Balaban J connectivity index is 1.54. The van der Waals surface area contributed by atoms with Crippen LogP contribution in [0.1, 0.15) is 16.7 Å². The molecule has 5 aromatic rings. The van der Waals surface area contributed by atoms with Crippen LogP contribution in [0.5, 0.6) is 11.5 Å². The van der Waals surface area contributed by atoms with E-state index < -0.39 is 0 Å². The highest BCUT2D eigenvalue weighted by atomic mass is 16.5. The minimum absolute atomic E-state index is 0.218. The maximum absolute atomic E-state index is 13.8. The average molecular weight is 455 g/mol. The number of carbonyl (C=O) groups excluding carboxylic acids is 1. The second-order valence-corrected chi connectivity index (χ2v) is 8.64. The number of ketones is 1. The van der Waals surface area contributed by atoms with Crippen molar-refractivity contribution >= 4 is 39.5 Å². The molecule has 3 heteroatoms. The quantitative estimate of drug-likeness (QED) is 0.256. The van der Waals surface area contributed by atoms with Gasteiger partial charge in [-0.3, -0.25) is 4.79 Å². The van der Waals surface area contributed by atoms with Crippen molar-refractivity contribution in [2.45, 2.75) is 6.92 Å². The summed E-state index contributed by atoms with van der Waals surface area (Å²) in [5.41, 5.74) is 2.84. The van der Waals surface area contributed by atoms with E-state index >= 15 is 0 Å². The molecule has 0 aromatic heterocycles. The van der Waals surface area contributed by atoms with Crippen LogP contribution in [0.15, 0.2) is 115 Å². The van der Waals surface area contributed by atoms with E-state index in [1.807, 2.05) is 91.9 Å². The summed E-state index contributed by atoms with van der Waals surface area (Å²) in [6.07, 6.45) is 3.61. The molecule has 0 amide bonds. The monoisotopic (exact) mass is 454 g/mol. The number of rotatable bonds is 2. The van der Waals surface area contributed by atoms with E-state index in [1.54, 1.807) is 6.08 Å². The van der Waals surface area contributed by atoms with Gasteiger partial charge < -0.3 is 9.47 Å². The van der Waals surface area contributed by atoms with Crippen molar-refractivity contribution in [3.63, 3.8) is 0 Å². The van der Waals surface area contributed by atoms with Gasteiger partial charge in [0.15, 0.2) is 23.0 Å². The van der Waals surface area contributed by atoms with Gasteiger partial charge >= 0.3 is 0 Å². The first-order chi connectivity index (χ1) is 17.2. The molecule has 0 fully saturated rings. The van der Waals surface area contributed by atoms with Crippen molar-refractivity contribution in [1.82, 2.24) is 0 Å². The lowest BCUT2D eigenvalue weighted by Crippen LogP contribution is -2.12. The maximum atomic E-state index is 13.8. The zero-order valence-corrected chi connectivity index (χ0v) is 19.2. The third kappa shape index (κ3) is 3.98. The Bertz CT molecular complexity index is 1660. The van der Waals surface area contributed by atoms with E-state index in [-0.39, 0.29) is 17.3 Å². The predicted octanol–water partition coefficient (Wildman–Crippen LogP) is 7.72. The van der Waals surface area contributed by atoms with E-state index in [0.717, 1.165) is 38.2 Å². The Morgan fingerprint density at radius 1 is 0.571 bits per heavy atom. The summed E-state index contributed by atoms with van der Waals surface area (Å²) in [6, 6.07) is 33.9. The van der Waals surface area contributed by atoms with E-state index in [2.05, 4.69) is 24.3 Å². The first-order valence-corrected chi connectivity index (χ1v) is 11.6. The van der Waals surface area contributed by atoms with Gasteiger partial charge in [0, 0.05) is 0 Å². The van der Waals surface area contributed by atoms with Crippen LogP contribution in [-0.2, 0) is 4.79 Å². The number of benzene rings is 5.